The summed E-state index contributed by atoms with van der Waals surface area (Å²) >= 11 is 0. The summed E-state index contributed by atoms with van der Waals surface area (Å²) in [5.74, 6) is 0.212. The van der Waals surface area contributed by atoms with Crippen LogP contribution in [0, 0.1) is 0 Å². The van der Waals surface area contributed by atoms with Crippen LogP contribution < -0.4 is 5.32 Å². The van der Waals surface area contributed by atoms with Gasteiger partial charge in [0.1, 0.15) is 0 Å². The van der Waals surface area contributed by atoms with Crippen LogP contribution in [-0.4, -0.2) is 60.5 Å². The third kappa shape index (κ3) is 5.91. The second-order valence-electron chi connectivity index (χ2n) is 6.68. The van der Waals surface area contributed by atoms with Gasteiger partial charge in [0, 0.05) is 31.7 Å². The molecular weight excluding hydrogens is 238 g/mol. The van der Waals surface area contributed by atoms with Gasteiger partial charge in [0.25, 0.3) is 0 Å². The van der Waals surface area contributed by atoms with Gasteiger partial charge >= 0.3 is 0 Å². The Hall–Kier alpha value is -0.610. The van der Waals surface area contributed by atoms with Crippen molar-refractivity contribution < 1.29 is 4.79 Å². The first-order valence-electron chi connectivity index (χ1n) is 7.56. The number of likely N-dealkylation sites (tertiary alicyclic amines) is 1. The molecule has 112 valence electrons. The quantitative estimate of drug-likeness (QED) is 0.825. The van der Waals surface area contributed by atoms with Gasteiger partial charge in [-0.05, 0) is 46.6 Å². The zero-order chi connectivity index (χ0) is 14.5. The molecule has 1 aliphatic rings. The lowest BCUT2D eigenvalue weighted by atomic mass is 10.0. The highest BCUT2D eigenvalue weighted by Gasteiger charge is 2.25. The van der Waals surface area contributed by atoms with Crippen LogP contribution >= 0.6 is 0 Å². The molecule has 0 unspecified atom stereocenters. The molecule has 1 N–H and O–H groups in total. The minimum Gasteiger partial charge on any atom is -0.342 e. The normalized spacial score (nSPS) is 18.6. The summed E-state index contributed by atoms with van der Waals surface area (Å²) in [4.78, 5) is 16.6. The SMILES string of the molecule is CCCN1CCC(N(C)C(=O)CNC(C)(C)C)CC1. The van der Waals surface area contributed by atoms with Gasteiger partial charge in [-0.15, -0.1) is 0 Å². The summed E-state index contributed by atoms with van der Waals surface area (Å²) in [7, 11) is 1.95. The third-order valence-electron chi connectivity index (χ3n) is 3.81. The molecule has 1 amide bonds. The first kappa shape index (κ1) is 16.4. The minimum atomic E-state index is 0.000982. The summed E-state index contributed by atoms with van der Waals surface area (Å²) in [6.07, 6.45) is 3.43. The summed E-state index contributed by atoms with van der Waals surface area (Å²) in [6.45, 7) is 12.4. The molecule has 0 aromatic carbocycles. The molecule has 0 aromatic rings. The summed E-state index contributed by atoms with van der Waals surface area (Å²) in [5, 5.41) is 3.27. The lowest BCUT2D eigenvalue weighted by Crippen LogP contribution is -2.50. The number of rotatable bonds is 5. The predicted molar refractivity (Wildman–Crippen MR) is 80.3 cm³/mol. The number of nitrogens with zero attached hydrogens (tertiary/aromatic N) is 2. The van der Waals surface area contributed by atoms with E-state index in [1.165, 1.54) is 13.0 Å². The highest BCUT2D eigenvalue weighted by molar-refractivity contribution is 5.78. The maximum atomic E-state index is 12.1. The Kier molecular flexibility index (Phi) is 6.27. The molecule has 1 saturated heterocycles. The highest BCUT2D eigenvalue weighted by Crippen LogP contribution is 2.15. The van der Waals surface area contributed by atoms with Crippen LogP contribution in [-0.2, 0) is 4.79 Å². The average molecular weight is 269 g/mol. The molecule has 0 spiro atoms. The third-order valence-corrected chi connectivity index (χ3v) is 3.81. The average Bonchev–Trinajstić information content (AvgIpc) is 2.35. The molecule has 19 heavy (non-hydrogen) atoms. The van der Waals surface area contributed by atoms with Crippen molar-refractivity contribution in [1.29, 1.82) is 0 Å². The molecule has 4 heteroatoms. The van der Waals surface area contributed by atoms with Gasteiger partial charge < -0.3 is 15.1 Å². The Morgan fingerprint density at radius 3 is 2.37 bits per heavy atom. The molecule has 0 bridgehead atoms. The summed E-state index contributed by atoms with van der Waals surface area (Å²) in [5.41, 5.74) is 0.000982. The van der Waals surface area contributed by atoms with Crippen LogP contribution in [0.5, 0.6) is 0 Å². The topological polar surface area (TPSA) is 35.6 Å². The molecule has 1 heterocycles. The number of piperidine rings is 1. The van der Waals surface area contributed by atoms with Gasteiger partial charge in [0.2, 0.25) is 5.91 Å². The van der Waals surface area contributed by atoms with Crippen molar-refractivity contribution in [2.24, 2.45) is 0 Å². The molecule has 4 nitrogen and oxygen atoms in total. The molecule has 1 fully saturated rings. The fourth-order valence-electron chi connectivity index (χ4n) is 2.52. The second kappa shape index (κ2) is 7.25. The Morgan fingerprint density at radius 2 is 1.89 bits per heavy atom. The second-order valence-corrected chi connectivity index (χ2v) is 6.68. The van der Waals surface area contributed by atoms with Gasteiger partial charge in [-0.3, -0.25) is 4.79 Å². The fourth-order valence-corrected chi connectivity index (χ4v) is 2.52. The standard InChI is InChI=1S/C15H31N3O/c1-6-9-18-10-7-13(8-11-18)17(5)14(19)12-16-15(2,3)4/h13,16H,6-12H2,1-5H3. The van der Waals surface area contributed by atoms with Crippen LogP contribution in [0.25, 0.3) is 0 Å². The maximum Gasteiger partial charge on any atom is 0.236 e. The molecule has 1 aliphatic heterocycles. The molecule has 1 rings (SSSR count). The largest absolute Gasteiger partial charge is 0.342 e. The Balaban J connectivity index is 2.34. The van der Waals surface area contributed by atoms with E-state index in [0.717, 1.165) is 25.9 Å². The van der Waals surface area contributed by atoms with Gasteiger partial charge in [-0.2, -0.15) is 0 Å². The van der Waals surface area contributed by atoms with E-state index in [9.17, 15) is 4.79 Å². The zero-order valence-corrected chi connectivity index (χ0v) is 13.3. The van der Waals surface area contributed by atoms with E-state index in [-0.39, 0.29) is 11.4 Å². The number of hydrogen-bond acceptors (Lipinski definition) is 3. The number of carbonyl (C=O) groups excluding carboxylic acids is 1. The molecule has 0 saturated carbocycles. The number of nitrogens with one attached hydrogen (secondary N) is 1. The fraction of sp³-hybridized carbons (Fsp3) is 0.933. The van der Waals surface area contributed by atoms with E-state index >= 15 is 0 Å². The summed E-state index contributed by atoms with van der Waals surface area (Å²) < 4.78 is 0. The molecular formula is C15H31N3O. The van der Waals surface area contributed by atoms with Gasteiger partial charge in [-0.25, -0.2) is 0 Å². The molecule has 0 aliphatic carbocycles. The van der Waals surface area contributed by atoms with E-state index < -0.39 is 0 Å². The van der Waals surface area contributed by atoms with Gasteiger partial charge in [0.15, 0.2) is 0 Å². The first-order chi connectivity index (χ1) is 8.83. The lowest BCUT2D eigenvalue weighted by molar-refractivity contribution is -0.132. The Morgan fingerprint density at radius 1 is 1.32 bits per heavy atom. The Bertz CT molecular complexity index is 278. The van der Waals surface area contributed by atoms with Crippen molar-refractivity contribution in [3.63, 3.8) is 0 Å². The molecule has 0 aromatic heterocycles. The lowest BCUT2D eigenvalue weighted by Gasteiger charge is -2.37. The van der Waals surface area contributed by atoms with Crippen molar-refractivity contribution in [1.82, 2.24) is 15.1 Å². The van der Waals surface area contributed by atoms with E-state index in [1.54, 1.807) is 0 Å². The molecule has 0 radical (unpaired) electrons. The zero-order valence-electron chi connectivity index (χ0n) is 13.3. The van der Waals surface area contributed by atoms with E-state index in [4.69, 9.17) is 0 Å². The van der Waals surface area contributed by atoms with E-state index in [1.807, 2.05) is 11.9 Å². The van der Waals surface area contributed by atoms with Crippen molar-refractivity contribution in [2.45, 2.75) is 58.5 Å². The number of likely N-dealkylation sites (N-methyl/N-ethyl adjacent to an activating group) is 1. The maximum absolute atomic E-state index is 12.1. The van der Waals surface area contributed by atoms with Crippen LogP contribution in [0.3, 0.4) is 0 Å². The van der Waals surface area contributed by atoms with E-state index in [0.29, 0.717) is 12.6 Å². The van der Waals surface area contributed by atoms with Crippen LogP contribution in [0.15, 0.2) is 0 Å². The van der Waals surface area contributed by atoms with Crippen LogP contribution in [0.1, 0.15) is 47.0 Å². The number of hydrogen-bond donors (Lipinski definition) is 1. The Labute approximate surface area is 118 Å². The smallest absolute Gasteiger partial charge is 0.236 e. The highest BCUT2D eigenvalue weighted by atomic mass is 16.2. The molecule has 0 atom stereocenters. The van der Waals surface area contributed by atoms with Crippen molar-refractivity contribution >= 4 is 5.91 Å². The van der Waals surface area contributed by atoms with E-state index in [2.05, 4.69) is 37.9 Å². The monoisotopic (exact) mass is 269 g/mol. The van der Waals surface area contributed by atoms with Crippen LogP contribution in [0.4, 0.5) is 0 Å². The van der Waals surface area contributed by atoms with Crippen molar-refractivity contribution in [2.75, 3.05) is 33.2 Å². The first-order valence-corrected chi connectivity index (χ1v) is 7.56. The minimum absolute atomic E-state index is 0.000982. The van der Waals surface area contributed by atoms with Crippen molar-refractivity contribution in [3.05, 3.63) is 0 Å². The number of amides is 1. The van der Waals surface area contributed by atoms with Crippen molar-refractivity contribution in [3.8, 4) is 0 Å². The summed E-state index contributed by atoms with van der Waals surface area (Å²) in [6, 6.07) is 0.419. The predicted octanol–water partition coefficient (Wildman–Crippen LogP) is 1.71. The number of carbonyl (C=O) groups is 1. The van der Waals surface area contributed by atoms with Crippen LogP contribution in [0.2, 0.25) is 0 Å². The van der Waals surface area contributed by atoms with Gasteiger partial charge in [0.05, 0.1) is 6.54 Å². The van der Waals surface area contributed by atoms with Gasteiger partial charge in [-0.1, -0.05) is 6.92 Å².